The third-order valence-corrected chi connectivity index (χ3v) is 3.27. The molecule has 3 heteroatoms. The summed E-state index contributed by atoms with van der Waals surface area (Å²) in [5.41, 5.74) is 0. The zero-order valence-corrected chi connectivity index (χ0v) is 8.11. The van der Waals surface area contributed by atoms with Crippen LogP contribution in [0.25, 0.3) is 0 Å². The highest BCUT2D eigenvalue weighted by molar-refractivity contribution is 5.97. The molecule has 1 saturated heterocycles. The van der Waals surface area contributed by atoms with E-state index in [1.807, 2.05) is 0 Å². The standard InChI is InChI=1S/C10H17BNO/c11-12(6-8-13-9-7-12)10-4-2-1-3-5-10/h1-2,10H,3-9H2/q+1. The number of morpholine rings is 1. The quantitative estimate of drug-likeness (QED) is 0.430. The van der Waals surface area contributed by atoms with E-state index in [9.17, 15) is 0 Å². The number of nitrogens with zero attached hydrogens (tertiary/aromatic N) is 1. The van der Waals surface area contributed by atoms with Gasteiger partial charge in [-0.3, -0.25) is 0 Å². The molecule has 0 spiro atoms. The van der Waals surface area contributed by atoms with Crippen molar-refractivity contribution in [2.75, 3.05) is 26.3 Å². The summed E-state index contributed by atoms with van der Waals surface area (Å²) in [4.78, 5) is 0. The van der Waals surface area contributed by atoms with E-state index in [-0.39, 0.29) is 0 Å². The van der Waals surface area contributed by atoms with Crippen molar-refractivity contribution in [1.29, 1.82) is 0 Å². The monoisotopic (exact) mass is 178 g/mol. The van der Waals surface area contributed by atoms with Crippen molar-refractivity contribution in [3.8, 4) is 0 Å². The third-order valence-electron chi connectivity index (χ3n) is 3.27. The fraction of sp³-hybridized carbons (Fsp3) is 0.800. The Bertz CT molecular complexity index is 199. The Labute approximate surface area is 81.6 Å². The van der Waals surface area contributed by atoms with Gasteiger partial charge in [0.2, 0.25) is 0 Å². The lowest BCUT2D eigenvalue weighted by atomic mass is 9.93. The molecule has 1 aliphatic carbocycles. The van der Waals surface area contributed by atoms with Crippen LogP contribution in [-0.4, -0.2) is 44.7 Å². The van der Waals surface area contributed by atoms with Crippen LogP contribution >= 0.6 is 0 Å². The van der Waals surface area contributed by atoms with Crippen LogP contribution in [0.4, 0.5) is 0 Å². The summed E-state index contributed by atoms with van der Waals surface area (Å²) >= 11 is 0. The Morgan fingerprint density at radius 1 is 1.23 bits per heavy atom. The maximum absolute atomic E-state index is 6.36. The van der Waals surface area contributed by atoms with Crippen LogP contribution in [0.3, 0.4) is 0 Å². The van der Waals surface area contributed by atoms with Crippen LogP contribution in [0.15, 0.2) is 12.2 Å². The molecule has 13 heavy (non-hydrogen) atoms. The zero-order valence-electron chi connectivity index (χ0n) is 8.11. The molecule has 2 radical (unpaired) electrons. The van der Waals surface area contributed by atoms with E-state index in [0.717, 1.165) is 37.1 Å². The van der Waals surface area contributed by atoms with Crippen LogP contribution in [0.1, 0.15) is 19.3 Å². The van der Waals surface area contributed by atoms with E-state index in [1.165, 1.54) is 12.8 Å². The molecule has 0 N–H and O–H groups in total. The molecule has 1 aliphatic heterocycles. The van der Waals surface area contributed by atoms with Gasteiger partial charge < -0.3 is 9.13 Å². The van der Waals surface area contributed by atoms with E-state index >= 15 is 0 Å². The first-order chi connectivity index (χ1) is 6.31. The molecule has 1 fully saturated rings. The Balaban J connectivity index is 1.99. The predicted molar refractivity (Wildman–Crippen MR) is 53.3 cm³/mol. The SMILES string of the molecule is [B][N+]1(C2CC=CCC2)CCOCC1. The van der Waals surface area contributed by atoms with Crippen molar-refractivity contribution in [3.63, 3.8) is 0 Å². The van der Waals surface area contributed by atoms with Crippen LogP contribution in [0.2, 0.25) is 0 Å². The van der Waals surface area contributed by atoms with Crippen molar-refractivity contribution in [1.82, 2.24) is 0 Å². The Kier molecular flexibility index (Phi) is 2.75. The fourth-order valence-corrected chi connectivity index (χ4v) is 2.29. The lowest BCUT2D eigenvalue weighted by molar-refractivity contribution is -0.853. The highest BCUT2D eigenvalue weighted by Gasteiger charge is 2.33. The van der Waals surface area contributed by atoms with E-state index in [1.54, 1.807) is 0 Å². The summed E-state index contributed by atoms with van der Waals surface area (Å²) < 4.78 is 6.08. The molecule has 0 aromatic rings. The first-order valence-corrected chi connectivity index (χ1v) is 5.19. The Morgan fingerprint density at radius 3 is 2.62 bits per heavy atom. The summed E-state index contributed by atoms with van der Waals surface area (Å²) in [7, 11) is 6.36. The van der Waals surface area contributed by atoms with E-state index in [0.29, 0.717) is 6.04 Å². The second kappa shape index (κ2) is 3.85. The van der Waals surface area contributed by atoms with Crippen molar-refractivity contribution in [3.05, 3.63) is 12.2 Å². The van der Waals surface area contributed by atoms with Gasteiger partial charge in [-0.05, 0) is 6.42 Å². The fourth-order valence-electron chi connectivity index (χ4n) is 2.29. The number of hydrogen-bond donors (Lipinski definition) is 0. The van der Waals surface area contributed by atoms with Gasteiger partial charge in [0.25, 0.3) is 0 Å². The molecule has 1 unspecified atom stereocenters. The first-order valence-electron chi connectivity index (χ1n) is 5.19. The molecular weight excluding hydrogens is 161 g/mol. The van der Waals surface area contributed by atoms with E-state index < -0.39 is 0 Å². The van der Waals surface area contributed by atoms with Crippen LogP contribution < -0.4 is 0 Å². The Morgan fingerprint density at radius 2 is 2.00 bits per heavy atom. The van der Waals surface area contributed by atoms with Crippen LogP contribution in [0, 0.1) is 0 Å². The molecule has 0 bridgehead atoms. The number of quaternary nitrogens is 1. The molecule has 0 aromatic heterocycles. The summed E-state index contributed by atoms with van der Waals surface area (Å²) in [5, 5.41) is 0. The predicted octanol–water partition coefficient (Wildman–Crippen LogP) is 1.03. The van der Waals surface area contributed by atoms with Crippen LogP contribution in [0.5, 0.6) is 0 Å². The molecular formula is C10H17BNO+. The van der Waals surface area contributed by atoms with Crippen LogP contribution in [-0.2, 0) is 4.74 Å². The average molecular weight is 178 g/mol. The number of allylic oxidation sites excluding steroid dienone is 1. The minimum atomic E-state index is 0.633. The Hall–Kier alpha value is -0.275. The lowest BCUT2D eigenvalue weighted by Crippen LogP contribution is -2.59. The number of rotatable bonds is 1. The second-order valence-electron chi connectivity index (χ2n) is 4.10. The first kappa shape index (κ1) is 9.29. The molecule has 0 saturated carbocycles. The van der Waals surface area contributed by atoms with Gasteiger partial charge in [-0.2, -0.15) is 0 Å². The number of hydrogen-bond acceptors (Lipinski definition) is 1. The minimum Gasteiger partial charge on any atom is -0.390 e. The number of ether oxygens (including phenoxy) is 1. The summed E-state index contributed by atoms with van der Waals surface area (Å²) in [6.45, 7) is 3.63. The summed E-state index contributed by atoms with van der Waals surface area (Å²) in [5.74, 6) is 0. The average Bonchev–Trinajstić information content (AvgIpc) is 2.20. The van der Waals surface area contributed by atoms with Gasteiger partial charge in [0.1, 0.15) is 0 Å². The molecule has 70 valence electrons. The van der Waals surface area contributed by atoms with Gasteiger partial charge in [0, 0.05) is 12.8 Å². The highest BCUT2D eigenvalue weighted by Crippen LogP contribution is 2.23. The second-order valence-corrected chi connectivity index (χ2v) is 4.10. The normalized spacial score (nSPS) is 33.1. The topological polar surface area (TPSA) is 9.23 Å². The van der Waals surface area contributed by atoms with Crippen molar-refractivity contribution in [2.24, 2.45) is 0 Å². The summed E-state index contributed by atoms with van der Waals surface area (Å²) in [6.07, 6.45) is 8.13. The molecule has 2 nitrogen and oxygen atoms in total. The van der Waals surface area contributed by atoms with Gasteiger partial charge in [-0.25, -0.2) is 0 Å². The molecule has 1 heterocycles. The molecule has 0 aromatic carbocycles. The zero-order chi connectivity index (χ0) is 9.15. The van der Waals surface area contributed by atoms with Gasteiger partial charge >= 0.3 is 7.98 Å². The minimum absolute atomic E-state index is 0.633. The van der Waals surface area contributed by atoms with E-state index in [2.05, 4.69) is 12.2 Å². The molecule has 2 rings (SSSR count). The largest absolute Gasteiger partial charge is 0.481 e. The van der Waals surface area contributed by atoms with Gasteiger partial charge in [0.05, 0.1) is 32.3 Å². The van der Waals surface area contributed by atoms with Gasteiger partial charge in [0.15, 0.2) is 0 Å². The molecule has 2 aliphatic rings. The van der Waals surface area contributed by atoms with Crippen molar-refractivity contribution >= 4 is 7.98 Å². The van der Waals surface area contributed by atoms with Crippen molar-refractivity contribution in [2.45, 2.75) is 25.3 Å². The highest BCUT2D eigenvalue weighted by atomic mass is 16.5. The molecule has 1 atom stereocenters. The van der Waals surface area contributed by atoms with Gasteiger partial charge in [-0.1, -0.05) is 12.2 Å². The van der Waals surface area contributed by atoms with Crippen molar-refractivity contribution < 1.29 is 9.13 Å². The van der Waals surface area contributed by atoms with Gasteiger partial charge in [-0.15, -0.1) is 0 Å². The smallest absolute Gasteiger partial charge is 0.390 e. The van der Waals surface area contributed by atoms with E-state index in [4.69, 9.17) is 12.7 Å². The summed E-state index contributed by atoms with van der Waals surface area (Å²) in [6, 6.07) is 0.633. The molecule has 0 amide bonds. The maximum atomic E-state index is 6.36. The third kappa shape index (κ3) is 1.97. The lowest BCUT2D eigenvalue weighted by Gasteiger charge is -2.45. The maximum Gasteiger partial charge on any atom is 0.481 e.